The third-order valence-electron chi connectivity index (χ3n) is 8.19. The maximum Gasteiger partial charge on any atom is 0.227 e. The van der Waals surface area contributed by atoms with E-state index in [1.807, 2.05) is 103 Å². The molecule has 0 spiro atoms. The minimum atomic E-state index is 0.623. The van der Waals surface area contributed by atoms with Crippen LogP contribution in [0.2, 0.25) is 0 Å². The molecule has 3 aromatic heterocycles. The molecule has 0 aliphatic carbocycles. The van der Waals surface area contributed by atoms with Crippen LogP contribution in [0.15, 0.2) is 150 Å². The number of hydrogen-bond acceptors (Lipinski definition) is 6. The van der Waals surface area contributed by atoms with Crippen molar-refractivity contribution in [3.63, 3.8) is 0 Å². The summed E-state index contributed by atoms with van der Waals surface area (Å²) in [5.74, 6) is 2.57. The standard InChI is InChI=1S/C40H24N4OS/c1-4-12-25(13-5-1)37-42-38(26-14-6-2-7-15-26)44-39(43-37)28-22-23-29-31-19-10-20-32(36(31)46-34(29)24-28)30-18-11-21-33-35(30)41-40(45-33)27-16-8-3-9-17-27/h1-24H. The molecule has 0 N–H and O–H groups in total. The normalized spacial score (nSPS) is 11.5. The summed E-state index contributed by atoms with van der Waals surface area (Å²) in [6.07, 6.45) is 0. The Bertz CT molecular complexity index is 2470. The molecule has 5 nitrogen and oxygen atoms in total. The fourth-order valence-corrected chi connectivity index (χ4v) is 7.23. The average molecular weight is 609 g/mol. The van der Waals surface area contributed by atoms with Crippen molar-refractivity contribution in [1.29, 1.82) is 0 Å². The Labute approximate surface area is 268 Å². The maximum absolute atomic E-state index is 6.21. The molecule has 6 heteroatoms. The van der Waals surface area contributed by atoms with Crippen molar-refractivity contribution in [3.8, 4) is 56.7 Å². The summed E-state index contributed by atoms with van der Waals surface area (Å²) in [4.78, 5) is 19.7. The maximum atomic E-state index is 6.21. The van der Waals surface area contributed by atoms with Crippen LogP contribution in [0.4, 0.5) is 0 Å². The van der Waals surface area contributed by atoms with Crippen LogP contribution in [-0.2, 0) is 0 Å². The average Bonchev–Trinajstić information content (AvgIpc) is 3.74. The summed E-state index contributed by atoms with van der Waals surface area (Å²) in [7, 11) is 0. The number of nitrogens with zero attached hydrogens (tertiary/aromatic N) is 4. The van der Waals surface area contributed by atoms with Gasteiger partial charge in [0, 0.05) is 53.6 Å². The van der Waals surface area contributed by atoms with Gasteiger partial charge in [-0.1, -0.05) is 121 Å². The van der Waals surface area contributed by atoms with Gasteiger partial charge in [0.15, 0.2) is 23.1 Å². The Balaban J connectivity index is 1.19. The summed E-state index contributed by atoms with van der Waals surface area (Å²) in [5, 5.41) is 2.40. The lowest BCUT2D eigenvalue weighted by Crippen LogP contribution is -1.99. The van der Waals surface area contributed by atoms with Crippen molar-refractivity contribution in [2.24, 2.45) is 0 Å². The van der Waals surface area contributed by atoms with Gasteiger partial charge in [0.2, 0.25) is 5.89 Å². The quantitative estimate of drug-likeness (QED) is 0.194. The number of fused-ring (bicyclic) bond motifs is 4. The predicted octanol–water partition coefficient (Wildman–Crippen LogP) is 10.7. The first-order valence-corrected chi connectivity index (χ1v) is 15.9. The second kappa shape index (κ2) is 10.9. The van der Waals surface area contributed by atoms with Crippen LogP contribution in [0.3, 0.4) is 0 Å². The first-order valence-electron chi connectivity index (χ1n) is 15.1. The molecule has 0 amide bonds. The van der Waals surface area contributed by atoms with Crippen LogP contribution in [0.25, 0.3) is 88.0 Å². The van der Waals surface area contributed by atoms with Crippen LogP contribution in [-0.4, -0.2) is 19.9 Å². The third kappa shape index (κ3) is 4.55. The van der Waals surface area contributed by atoms with E-state index in [9.17, 15) is 0 Å². The van der Waals surface area contributed by atoms with Crippen molar-refractivity contribution < 1.29 is 4.42 Å². The van der Waals surface area contributed by atoms with E-state index in [4.69, 9.17) is 24.4 Å². The van der Waals surface area contributed by atoms with Crippen LogP contribution in [0, 0.1) is 0 Å². The molecule has 0 saturated carbocycles. The fraction of sp³-hybridized carbons (Fsp3) is 0. The molecule has 46 heavy (non-hydrogen) atoms. The van der Waals surface area contributed by atoms with Crippen molar-refractivity contribution in [2.45, 2.75) is 0 Å². The summed E-state index contributed by atoms with van der Waals surface area (Å²) < 4.78 is 8.58. The largest absolute Gasteiger partial charge is 0.436 e. The van der Waals surface area contributed by atoms with Crippen molar-refractivity contribution >= 4 is 42.6 Å². The van der Waals surface area contributed by atoms with Crippen LogP contribution >= 0.6 is 11.3 Å². The molecule has 6 aromatic carbocycles. The Kier molecular flexibility index (Phi) is 6.25. The minimum absolute atomic E-state index is 0.623. The molecular weight excluding hydrogens is 585 g/mol. The van der Waals surface area contributed by atoms with Gasteiger partial charge in [-0.15, -0.1) is 11.3 Å². The second-order valence-corrected chi connectivity index (χ2v) is 12.1. The Morgan fingerprint density at radius 1 is 0.435 bits per heavy atom. The molecule has 0 aliphatic heterocycles. The van der Waals surface area contributed by atoms with Gasteiger partial charge >= 0.3 is 0 Å². The molecule has 0 fully saturated rings. The number of thiophene rings is 1. The highest BCUT2D eigenvalue weighted by Crippen LogP contribution is 2.43. The monoisotopic (exact) mass is 608 g/mol. The second-order valence-electron chi connectivity index (χ2n) is 11.1. The number of para-hydroxylation sites is 1. The van der Waals surface area contributed by atoms with E-state index in [1.165, 1.54) is 20.2 Å². The van der Waals surface area contributed by atoms with Crippen molar-refractivity contribution in [2.75, 3.05) is 0 Å². The van der Waals surface area contributed by atoms with Crippen LogP contribution < -0.4 is 0 Å². The summed E-state index contributed by atoms with van der Waals surface area (Å²) in [6, 6.07) is 49.3. The minimum Gasteiger partial charge on any atom is -0.436 e. The fourth-order valence-electron chi connectivity index (χ4n) is 5.96. The molecular formula is C40H24N4OS. The van der Waals surface area contributed by atoms with Gasteiger partial charge < -0.3 is 4.42 Å². The number of hydrogen-bond donors (Lipinski definition) is 0. The highest BCUT2D eigenvalue weighted by Gasteiger charge is 2.18. The lowest BCUT2D eigenvalue weighted by molar-refractivity contribution is 0.620. The van der Waals surface area contributed by atoms with Gasteiger partial charge in [-0.05, 0) is 24.3 Å². The van der Waals surface area contributed by atoms with E-state index in [1.54, 1.807) is 11.3 Å². The summed E-state index contributed by atoms with van der Waals surface area (Å²) in [6.45, 7) is 0. The van der Waals surface area contributed by atoms with Crippen LogP contribution in [0.1, 0.15) is 0 Å². The summed E-state index contributed by atoms with van der Waals surface area (Å²) in [5.41, 5.74) is 7.63. The zero-order valence-electron chi connectivity index (χ0n) is 24.5. The van der Waals surface area contributed by atoms with E-state index in [-0.39, 0.29) is 0 Å². The molecule has 9 rings (SSSR count). The van der Waals surface area contributed by atoms with E-state index in [0.717, 1.165) is 44.5 Å². The first kappa shape index (κ1) is 26.4. The van der Waals surface area contributed by atoms with E-state index in [0.29, 0.717) is 23.4 Å². The molecule has 3 heterocycles. The van der Waals surface area contributed by atoms with Gasteiger partial charge in [0.1, 0.15) is 5.52 Å². The lowest BCUT2D eigenvalue weighted by Gasteiger charge is -2.08. The van der Waals surface area contributed by atoms with Crippen molar-refractivity contribution in [3.05, 3.63) is 146 Å². The molecule has 0 aliphatic rings. The predicted molar refractivity (Wildman–Crippen MR) is 187 cm³/mol. The molecule has 0 saturated heterocycles. The zero-order valence-corrected chi connectivity index (χ0v) is 25.3. The topological polar surface area (TPSA) is 64.7 Å². The van der Waals surface area contributed by atoms with Crippen molar-refractivity contribution in [1.82, 2.24) is 19.9 Å². The number of rotatable bonds is 5. The van der Waals surface area contributed by atoms with E-state index in [2.05, 4.69) is 42.5 Å². The van der Waals surface area contributed by atoms with Gasteiger partial charge in [0.05, 0.1) is 0 Å². The van der Waals surface area contributed by atoms with Gasteiger partial charge in [-0.25, -0.2) is 19.9 Å². The number of benzene rings is 6. The van der Waals surface area contributed by atoms with Crippen LogP contribution in [0.5, 0.6) is 0 Å². The Morgan fingerprint density at radius 3 is 1.70 bits per heavy atom. The van der Waals surface area contributed by atoms with Gasteiger partial charge in [-0.3, -0.25) is 0 Å². The molecule has 0 unspecified atom stereocenters. The zero-order chi connectivity index (χ0) is 30.5. The van der Waals surface area contributed by atoms with Gasteiger partial charge in [-0.2, -0.15) is 0 Å². The Morgan fingerprint density at radius 2 is 1.02 bits per heavy atom. The molecule has 0 radical (unpaired) electrons. The highest BCUT2D eigenvalue weighted by molar-refractivity contribution is 7.26. The van der Waals surface area contributed by atoms with Gasteiger partial charge in [0.25, 0.3) is 0 Å². The van der Waals surface area contributed by atoms with E-state index < -0.39 is 0 Å². The Hall–Kier alpha value is -5.98. The number of oxazole rings is 1. The smallest absolute Gasteiger partial charge is 0.227 e. The highest BCUT2D eigenvalue weighted by atomic mass is 32.1. The number of aromatic nitrogens is 4. The molecule has 0 atom stereocenters. The third-order valence-corrected chi connectivity index (χ3v) is 9.39. The molecule has 0 bridgehead atoms. The first-order chi connectivity index (χ1) is 22.8. The lowest BCUT2D eigenvalue weighted by atomic mass is 10.0. The molecule has 216 valence electrons. The SMILES string of the molecule is c1ccc(-c2nc(-c3ccccc3)nc(-c3ccc4c(c3)sc3c(-c5cccc6oc(-c7ccccc7)nc56)cccc34)n2)cc1. The molecule has 9 aromatic rings. The summed E-state index contributed by atoms with van der Waals surface area (Å²) >= 11 is 1.78. The van der Waals surface area contributed by atoms with E-state index >= 15 is 0 Å².